The molecule has 0 fully saturated rings. The predicted molar refractivity (Wildman–Crippen MR) is 110 cm³/mol. The Labute approximate surface area is 165 Å². The number of hydrogen-bond acceptors (Lipinski definition) is 3. The fourth-order valence-corrected chi connectivity index (χ4v) is 2.85. The molecule has 0 heterocycles. The van der Waals surface area contributed by atoms with Crippen LogP contribution in [0.4, 0.5) is 5.69 Å². The maximum Gasteiger partial charge on any atom is 0.306 e. The van der Waals surface area contributed by atoms with Gasteiger partial charge in [-0.05, 0) is 41.3 Å². The van der Waals surface area contributed by atoms with Gasteiger partial charge in [-0.15, -0.1) is 0 Å². The molecule has 1 N–H and O–H groups in total. The van der Waals surface area contributed by atoms with E-state index in [0.29, 0.717) is 12.0 Å². The van der Waals surface area contributed by atoms with Crippen molar-refractivity contribution in [2.24, 2.45) is 0 Å². The number of anilines is 1. The smallest absolute Gasteiger partial charge is 0.306 e. The Kier molecular flexibility index (Phi) is 6.58. The zero-order chi connectivity index (χ0) is 19.8. The zero-order valence-corrected chi connectivity index (χ0v) is 15.8. The van der Waals surface area contributed by atoms with Gasteiger partial charge in [0.25, 0.3) is 5.91 Å². The Bertz CT molecular complexity index is 906. The lowest BCUT2D eigenvalue weighted by molar-refractivity contribution is -0.145. The topological polar surface area (TPSA) is 55.4 Å². The van der Waals surface area contributed by atoms with Crippen molar-refractivity contribution in [3.05, 3.63) is 102 Å². The second-order valence-electron chi connectivity index (χ2n) is 6.69. The molecule has 3 aromatic rings. The SMILES string of the molecule is C[C@@H](CC(=O)OCc1ccc(C(=O)Nc2ccccc2)cc1)c1ccccc1. The normalized spacial score (nSPS) is 11.5. The molecule has 4 nitrogen and oxygen atoms in total. The first-order valence-electron chi connectivity index (χ1n) is 9.28. The number of rotatable bonds is 7. The van der Waals surface area contributed by atoms with Crippen LogP contribution in [0.25, 0.3) is 0 Å². The van der Waals surface area contributed by atoms with Crippen LogP contribution in [-0.4, -0.2) is 11.9 Å². The number of para-hydroxylation sites is 1. The summed E-state index contributed by atoms with van der Waals surface area (Å²) in [6.45, 7) is 2.21. The van der Waals surface area contributed by atoms with Crippen LogP contribution in [0.2, 0.25) is 0 Å². The number of nitrogens with one attached hydrogen (secondary N) is 1. The molecule has 3 rings (SSSR count). The van der Waals surface area contributed by atoms with Gasteiger partial charge in [-0.3, -0.25) is 9.59 Å². The fourth-order valence-electron chi connectivity index (χ4n) is 2.85. The number of ether oxygens (including phenoxy) is 1. The van der Waals surface area contributed by atoms with Gasteiger partial charge in [0.1, 0.15) is 6.61 Å². The predicted octanol–water partition coefficient (Wildman–Crippen LogP) is 5.18. The van der Waals surface area contributed by atoms with E-state index < -0.39 is 0 Å². The maximum absolute atomic E-state index is 12.3. The Hall–Kier alpha value is -3.40. The minimum atomic E-state index is -0.234. The molecule has 3 aromatic carbocycles. The molecule has 0 spiro atoms. The molecule has 0 aromatic heterocycles. The first kappa shape index (κ1) is 19.4. The van der Waals surface area contributed by atoms with Gasteiger partial charge in [0.2, 0.25) is 0 Å². The summed E-state index contributed by atoms with van der Waals surface area (Å²) in [5.74, 6) is -0.300. The molecule has 0 saturated carbocycles. The standard InChI is InChI=1S/C24H23NO3/c1-18(20-8-4-2-5-9-20)16-23(26)28-17-19-12-14-21(15-13-19)24(27)25-22-10-6-3-7-11-22/h2-15,18H,16-17H2,1H3,(H,25,27)/t18-/m0/s1. The molecule has 0 radical (unpaired) electrons. The van der Waals surface area contributed by atoms with E-state index in [9.17, 15) is 9.59 Å². The Balaban J connectivity index is 1.49. The van der Waals surface area contributed by atoms with E-state index in [4.69, 9.17) is 4.74 Å². The highest BCUT2D eigenvalue weighted by Crippen LogP contribution is 2.19. The molecule has 0 bridgehead atoms. The summed E-state index contributed by atoms with van der Waals surface area (Å²) < 4.78 is 5.38. The second-order valence-corrected chi connectivity index (χ2v) is 6.69. The second kappa shape index (κ2) is 9.51. The van der Waals surface area contributed by atoms with Crippen LogP contribution in [0.15, 0.2) is 84.9 Å². The van der Waals surface area contributed by atoms with Gasteiger partial charge in [0, 0.05) is 11.3 Å². The van der Waals surface area contributed by atoms with Crippen LogP contribution in [0.5, 0.6) is 0 Å². The quantitative estimate of drug-likeness (QED) is 0.581. The van der Waals surface area contributed by atoms with Crippen molar-refractivity contribution in [1.82, 2.24) is 0 Å². The number of amides is 1. The van der Waals surface area contributed by atoms with Gasteiger partial charge >= 0.3 is 5.97 Å². The molecular formula is C24H23NO3. The molecular weight excluding hydrogens is 350 g/mol. The van der Waals surface area contributed by atoms with Crippen molar-refractivity contribution in [3.8, 4) is 0 Å². The van der Waals surface area contributed by atoms with E-state index in [1.54, 1.807) is 24.3 Å². The summed E-state index contributed by atoms with van der Waals surface area (Å²) in [5, 5.41) is 2.84. The average molecular weight is 373 g/mol. The van der Waals surface area contributed by atoms with Crippen molar-refractivity contribution in [1.29, 1.82) is 0 Å². The van der Waals surface area contributed by atoms with Crippen molar-refractivity contribution >= 4 is 17.6 Å². The van der Waals surface area contributed by atoms with E-state index in [1.165, 1.54) is 0 Å². The highest BCUT2D eigenvalue weighted by atomic mass is 16.5. The van der Waals surface area contributed by atoms with Gasteiger partial charge in [-0.2, -0.15) is 0 Å². The van der Waals surface area contributed by atoms with Gasteiger partial charge in [-0.1, -0.05) is 67.6 Å². The molecule has 1 atom stereocenters. The van der Waals surface area contributed by atoms with E-state index >= 15 is 0 Å². The van der Waals surface area contributed by atoms with Crippen LogP contribution in [0.3, 0.4) is 0 Å². The van der Waals surface area contributed by atoms with Gasteiger partial charge in [-0.25, -0.2) is 0 Å². The number of carbonyl (C=O) groups excluding carboxylic acids is 2. The van der Waals surface area contributed by atoms with E-state index in [2.05, 4.69) is 5.32 Å². The average Bonchev–Trinajstić information content (AvgIpc) is 2.74. The van der Waals surface area contributed by atoms with Gasteiger partial charge < -0.3 is 10.1 Å². The lowest BCUT2D eigenvalue weighted by Crippen LogP contribution is -2.12. The maximum atomic E-state index is 12.3. The lowest BCUT2D eigenvalue weighted by Gasteiger charge is -2.11. The summed E-state index contributed by atoms with van der Waals surface area (Å²) in [4.78, 5) is 24.3. The van der Waals surface area contributed by atoms with E-state index in [0.717, 1.165) is 16.8 Å². The van der Waals surface area contributed by atoms with Crippen molar-refractivity contribution < 1.29 is 14.3 Å². The van der Waals surface area contributed by atoms with E-state index in [1.807, 2.05) is 67.6 Å². The summed E-state index contributed by atoms with van der Waals surface area (Å²) in [5.41, 5.74) is 3.26. The molecule has 4 heteroatoms. The number of esters is 1. The summed E-state index contributed by atoms with van der Waals surface area (Å²) in [6, 6.07) is 26.3. The summed E-state index contributed by atoms with van der Waals surface area (Å²) in [6.07, 6.45) is 0.335. The van der Waals surface area contributed by atoms with Crippen LogP contribution in [0.1, 0.15) is 40.7 Å². The Morgan fingerprint density at radius 1 is 0.857 bits per heavy atom. The van der Waals surface area contributed by atoms with Gasteiger partial charge in [0.15, 0.2) is 0 Å². The molecule has 0 aliphatic rings. The zero-order valence-electron chi connectivity index (χ0n) is 15.8. The first-order valence-corrected chi connectivity index (χ1v) is 9.28. The highest BCUT2D eigenvalue weighted by Gasteiger charge is 2.12. The fraction of sp³-hybridized carbons (Fsp3) is 0.167. The van der Waals surface area contributed by atoms with Crippen LogP contribution in [-0.2, 0) is 16.1 Å². The third-order valence-corrected chi connectivity index (χ3v) is 4.49. The molecule has 142 valence electrons. The monoisotopic (exact) mass is 373 g/mol. The minimum absolute atomic E-state index is 0.109. The molecule has 0 aliphatic heterocycles. The minimum Gasteiger partial charge on any atom is -0.461 e. The Morgan fingerprint density at radius 3 is 2.11 bits per heavy atom. The van der Waals surface area contributed by atoms with Crippen molar-refractivity contribution in [3.63, 3.8) is 0 Å². The lowest BCUT2D eigenvalue weighted by atomic mass is 9.98. The number of benzene rings is 3. The van der Waals surface area contributed by atoms with Crippen molar-refractivity contribution in [2.45, 2.75) is 25.9 Å². The number of hydrogen-bond donors (Lipinski definition) is 1. The first-order chi connectivity index (χ1) is 13.6. The summed E-state index contributed by atoms with van der Waals surface area (Å²) >= 11 is 0. The van der Waals surface area contributed by atoms with Gasteiger partial charge in [0.05, 0.1) is 6.42 Å². The third kappa shape index (κ3) is 5.55. The highest BCUT2D eigenvalue weighted by molar-refractivity contribution is 6.04. The van der Waals surface area contributed by atoms with Crippen molar-refractivity contribution in [2.75, 3.05) is 5.32 Å². The summed E-state index contributed by atoms with van der Waals surface area (Å²) in [7, 11) is 0. The van der Waals surface area contributed by atoms with E-state index in [-0.39, 0.29) is 24.4 Å². The number of carbonyl (C=O) groups is 2. The largest absolute Gasteiger partial charge is 0.461 e. The molecule has 28 heavy (non-hydrogen) atoms. The molecule has 1 amide bonds. The van der Waals surface area contributed by atoms with Crippen LogP contribution in [0, 0.1) is 0 Å². The molecule has 0 saturated heterocycles. The third-order valence-electron chi connectivity index (χ3n) is 4.49. The van der Waals surface area contributed by atoms with Crippen LogP contribution >= 0.6 is 0 Å². The Morgan fingerprint density at radius 2 is 1.46 bits per heavy atom. The molecule has 0 unspecified atom stereocenters. The molecule has 0 aliphatic carbocycles. The van der Waals surface area contributed by atoms with Crippen LogP contribution < -0.4 is 5.32 Å².